The van der Waals surface area contributed by atoms with E-state index < -0.39 is 0 Å². The lowest BCUT2D eigenvalue weighted by Gasteiger charge is -2.10. The standard InChI is InChI=1S/C36H70O5/c1-3-5-6-22-29-34(38)30-24-19-15-12-13-17-21-26-32-36(40)41-35(39)31-25-20-16-11-9-7-8-10-14-18-23-28-33(37)27-4-2/h33-34,37-38H,3-32H2,1-2H3. The second-order valence-corrected chi connectivity index (χ2v) is 12.6. The second-order valence-electron chi connectivity index (χ2n) is 12.6. The van der Waals surface area contributed by atoms with Crippen molar-refractivity contribution in [3.05, 3.63) is 0 Å². The van der Waals surface area contributed by atoms with Crippen LogP contribution in [0.4, 0.5) is 0 Å². The molecule has 0 aromatic rings. The van der Waals surface area contributed by atoms with Crippen LogP contribution < -0.4 is 0 Å². The summed E-state index contributed by atoms with van der Waals surface area (Å²) in [6.45, 7) is 4.34. The molecule has 0 saturated heterocycles. The van der Waals surface area contributed by atoms with Gasteiger partial charge in [-0.2, -0.15) is 0 Å². The van der Waals surface area contributed by atoms with Gasteiger partial charge < -0.3 is 14.9 Å². The fourth-order valence-corrected chi connectivity index (χ4v) is 5.61. The molecular weight excluding hydrogens is 512 g/mol. The lowest BCUT2D eigenvalue weighted by atomic mass is 10.0. The van der Waals surface area contributed by atoms with Crippen molar-refractivity contribution in [2.24, 2.45) is 0 Å². The average molecular weight is 583 g/mol. The molecule has 0 amide bonds. The minimum atomic E-state index is -0.361. The molecule has 0 spiro atoms. The SMILES string of the molecule is CCCCCCC(O)CCCCCCCCCCC(=O)OC(=O)CCCCCCCCCCCCCC(O)CCC. The zero-order valence-corrected chi connectivity index (χ0v) is 27.5. The summed E-state index contributed by atoms with van der Waals surface area (Å²) in [5.74, 6) is -0.719. The molecule has 0 aromatic heterocycles. The molecule has 0 rings (SSSR count). The summed E-state index contributed by atoms with van der Waals surface area (Å²) in [4.78, 5) is 23.8. The number of aliphatic hydroxyl groups is 2. The van der Waals surface area contributed by atoms with Gasteiger partial charge in [-0.3, -0.25) is 9.59 Å². The molecule has 0 aliphatic rings. The molecule has 2 unspecified atom stereocenters. The average Bonchev–Trinajstić information content (AvgIpc) is 2.94. The lowest BCUT2D eigenvalue weighted by molar-refractivity contribution is -0.159. The number of hydrogen-bond donors (Lipinski definition) is 2. The van der Waals surface area contributed by atoms with Gasteiger partial charge in [0.05, 0.1) is 12.2 Å². The third-order valence-corrected chi connectivity index (χ3v) is 8.33. The first kappa shape index (κ1) is 40.1. The second kappa shape index (κ2) is 32.0. The van der Waals surface area contributed by atoms with Gasteiger partial charge in [0, 0.05) is 12.8 Å². The quantitative estimate of drug-likeness (QED) is 0.0468. The van der Waals surface area contributed by atoms with Gasteiger partial charge in [0.2, 0.25) is 0 Å². The van der Waals surface area contributed by atoms with E-state index in [2.05, 4.69) is 13.8 Å². The Balaban J connectivity index is 3.35. The first-order chi connectivity index (χ1) is 20.0. The number of carbonyl (C=O) groups is 2. The molecule has 5 nitrogen and oxygen atoms in total. The Morgan fingerprint density at radius 3 is 1.05 bits per heavy atom. The number of rotatable bonds is 32. The van der Waals surface area contributed by atoms with Crippen LogP contribution in [0.2, 0.25) is 0 Å². The summed E-state index contributed by atoms with van der Waals surface area (Å²) >= 11 is 0. The molecule has 244 valence electrons. The van der Waals surface area contributed by atoms with Gasteiger partial charge in [-0.05, 0) is 38.5 Å². The molecule has 0 bridgehead atoms. The summed E-state index contributed by atoms with van der Waals surface area (Å²) in [7, 11) is 0. The Hall–Kier alpha value is -0.940. The highest BCUT2D eigenvalue weighted by atomic mass is 16.6. The highest BCUT2D eigenvalue weighted by Crippen LogP contribution is 2.16. The normalized spacial score (nSPS) is 12.9. The molecule has 0 aliphatic carbocycles. The summed E-state index contributed by atoms with van der Waals surface area (Å²) in [6.07, 6.45) is 32.3. The largest absolute Gasteiger partial charge is 0.393 e. The predicted molar refractivity (Wildman–Crippen MR) is 173 cm³/mol. The van der Waals surface area contributed by atoms with Crippen LogP contribution in [-0.2, 0) is 14.3 Å². The molecule has 41 heavy (non-hydrogen) atoms. The van der Waals surface area contributed by atoms with Crippen molar-refractivity contribution in [3.8, 4) is 0 Å². The minimum Gasteiger partial charge on any atom is -0.393 e. The molecule has 0 aliphatic heterocycles. The van der Waals surface area contributed by atoms with E-state index in [-0.39, 0.29) is 24.1 Å². The smallest absolute Gasteiger partial charge is 0.313 e. The highest BCUT2D eigenvalue weighted by Gasteiger charge is 2.10. The van der Waals surface area contributed by atoms with Crippen LogP contribution in [0.5, 0.6) is 0 Å². The Labute approximate surface area is 255 Å². The molecule has 0 saturated carbocycles. The van der Waals surface area contributed by atoms with Gasteiger partial charge in [0.15, 0.2) is 0 Å². The molecule has 0 heterocycles. The summed E-state index contributed by atoms with van der Waals surface area (Å²) in [5.41, 5.74) is 0. The van der Waals surface area contributed by atoms with Crippen molar-refractivity contribution in [2.45, 2.75) is 219 Å². The van der Waals surface area contributed by atoms with E-state index in [9.17, 15) is 19.8 Å². The van der Waals surface area contributed by atoms with Crippen LogP contribution >= 0.6 is 0 Å². The van der Waals surface area contributed by atoms with E-state index in [1.807, 2.05) is 0 Å². The number of unbranched alkanes of at least 4 members (excludes halogenated alkanes) is 20. The van der Waals surface area contributed by atoms with Crippen LogP contribution in [0.3, 0.4) is 0 Å². The minimum absolute atomic E-state index is 0.0924. The van der Waals surface area contributed by atoms with E-state index >= 15 is 0 Å². The number of carbonyl (C=O) groups excluding carboxylic acids is 2. The topological polar surface area (TPSA) is 83.8 Å². The lowest BCUT2D eigenvalue weighted by Crippen LogP contribution is -2.11. The molecule has 0 fully saturated rings. The maximum absolute atomic E-state index is 11.9. The van der Waals surface area contributed by atoms with Crippen molar-refractivity contribution in [3.63, 3.8) is 0 Å². The summed E-state index contributed by atoms with van der Waals surface area (Å²) < 4.78 is 4.99. The Morgan fingerprint density at radius 1 is 0.415 bits per heavy atom. The number of hydrogen-bond acceptors (Lipinski definition) is 5. The van der Waals surface area contributed by atoms with Crippen LogP contribution in [0.25, 0.3) is 0 Å². The first-order valence-corrected chi connectivity index (χ1v) is 18.1. The van der Waals surface area contributed by atoms with Crippen LogP contribution in [0.15, 0.2) is 0 Å². The van der Waals surface area contributed by atoms with Gasteiger partial charge in [-0.25, -0.2) is 0 Å². The van der Waals surface area contributed by atoms with Crippen LogP contribution in [-0.4, -0.2) is 34.4 Å². The summed E-state index contributed by atoms with van der Waals surface area (Å²) in [6, 6.07) is 0. The third kappa shape index (κ3) is 31.8. The maximum Gasteiger partial charge on any atom is 0.313 e. The van der Waals surface area contributed by atoms with Gasteiger partial charge in [-0.1, -0.05) is 155 Å². The van der Waals surface area contributed by atoms with Crippen molar-refractivity contribution >= 4 is 11.9 Å². The van der Waals surface area contributed by atoms with Crippen molar-refractivity contribution < 1.29 is 24.5 Å². The fraction of sp³-hybridized carbons (Fsp3) is 0.944. The maximum atomic E-state index is 11.9. The predicted octanol–water partition coefficient (Wildman–Crippen LogP) is 10.5. The Morgan fingerprint density at radius 2 is 0.707 bits per heavy atom. The van der Waals surface area contributed by atoms with E-state index in [0.29, 0.717) is 12.8 Å². The number of ether oxygens (including phenoxy) is 1. The van der Waals surface area contributed by atoms with E-state index in [1.54, 1.807) is 0 Å². The fourth-order valence-electron chi connectivity index (χ4n) is 5.61. The van der Waals surface area contributed by atoms with Gasteiger partial charge in [-0.15, -0.1) is 0 Å². The van der Waals surface area contributed by atoms with Gasteiger partial charge in [0.25, 0.3) is 0 Å². The highest BCUT2D eigenvalue weighted by molar-refractivity contribution is 5.85. The molecule has 5 heteroatoms. The molecular formula is C36H70O5. The molecule has 0 radical (unpaired) electrons. The monoisotopic (exact) mass is 583 g/mol. The van der Waals surface area contributed by atoms with E-state index in [0.717, 1.165) is 89.9 Å². The zero-order chi connectivity index (χ0) is 30.2. The van der Waals surface area contributed by atoms with Gasteiger partial charge >= 0.3 is 11.9 Å². The van der Waals surface area contributed by atoms with Crippen molar-refractivity contribution in [1.29, 1.82) is 0 Å². The molecule has 0 aromatic carbocycles. The van der Waals surface area contributed by atoms with Gasteiger partial charge in [0.1, 0.15) is 0 Å². The van der Waals surface area contributed by atoms with Crippen LogP contribution in [0.1, 0.15) is 206 Å². The molecule has 2 atom stereocenters. The number of aliphatic hydroxyl groups excluding tert-OH is 2. The summed E-state index contributed by atoms with van der Waals surface area (Å²) in [5, 5.41) is 19.8. The first-order valence-electron chi connectivity index (χ1n) is 18.1. The van der Waals surface area contributed by atoms with E-state index in [4.69, 9.17) is 4.74 Å². The zero-order valence-electron chi connectivity index (χ0n) is 27.5. The van der Waals surface area contributed by atoms with Crippen molar-refractivity contribution in [1.82, 2.24) is 0 Å². The van der Waals surface area contributed by atoms with Crippen molar-refractivity contribution in [2.75, 3.05) is 0 Å². The Kier molecular flexibility index (Phi) is 31.3. The Bertz CT molecular complexity index is 564. The van der Waals surface area contributed by atoms with Crippen LogP contribution in [0, 0.1) is 0 Å². The number of esters is 2. The molecule has 2 N–H and O–H groups in total. The van der Waals surface area contributed by atoms with E-state index in [1.165, 1.54) is 89.9 Å². The third-order valence-electron chi connectivity index (χ3n) is 8.33.